The molecule has 1 aromatic heterocycles. The van der Waals surface area contributed by atoms with Crippen LogP contribution in [0.3, 0.4) is 0 Å². The SMILES string of the molecule is CCC(C)C(N)c1nc(C(=O)NCc2ccccc2F)co1. The molecule has 1 amide bonds. The topological polar surface area (TPSA) is 81.1 Å². The lowest BCUT2D eigenvalue weighted by Crippen LogP contribution is -2.24. The molecule has 0 aliphatic heterocycles. The molecule has 0 saturated carbocycles. The smallest absolute Gasteiger partial charge is 0.273 e. The fourth-order valence-electron chi connectivity index (χ4n) is 1.95. The van der Waals surface area contributed by atoms with Gasteiger partial charge in [-0.2, -0.15) is 0 Å². The average molecular weight is 305 g/mol. The molecule has 22 heavy (non-hydrogen) atoms. The van der Waals surface area contributed by atoms with E-state index < -0.39 is 5.91 Å². The van der Waals surface area contributed by atoms with E-state index in [1.54, 1.807) is 18.2 Å². The Labute approximate surface area is 128 Å². The van der Waals surface area contributed by atoms with Crippen molar-refractivity contribution in [1.82, 2.24) is 10.3 Å². The number of amides is 1. The number of oxazole rings is 1. The minimum Gasteiger partial charge on any atom is -0.446 e. The van der Waals surface area contributed by atoms with Crippen LogP contribution in [0.15, 0.2) is 34.9 Å². The quantitative estimate of drug-likeness (QED) is 0.860. The molecule has 2 atom stereocenters. The Kier molecular flexibility index (Phi) is 5.27. The minimum atomic E-state index is -0.422. The van der Waals surface area contributed by atoms with Gasteiger partial charge in [0.15, 0.2) is 5.69 Å². The molecule has 3 N–H and O–H groups in total. The molecular formula is C16H20FN3O2. The zero-order valence-corrected chi connectivity index (χ0v) is 12.7. The number of nitrogens with one attached hydrogen (secondary N) is 1. The highest BCUT2D eigenvalue weighted by atomic mass is 19.1. The van der Waals surface area contributed by atoms with Crippen LogP contribution in [0.4, 0.5) is 4.39 Å². The van der Waals surface area contributed by atoms with Gasteiger partial charge in [0, 0.05) is 12.1 Å². The first-order valence-electron chi connectivity index (χ1n) is 7.25. The third kappa shape index (κ3) is 3.71. The summed E-state index contributed by atoms with van der Waals surface area (Å²) in [5, 5.41) is 2.61. The Balaban J connectivity index is 1.99. The van der Waals surface area contributed by atoms with Gasteiger partial charge in [-0.15, -0.1) is 0 Å². The number of hydrogen-bond donors (Lipinski definition) is 2. The number of aromatic nitrogens is 1. The van der Waals surface area contributed by atoms with Crippen molar-refractivity contribution >= 4 is 5.91 Å². The maximum absolute atomic E-state index is 13.5. The number of halogens is 1. The van der Waals surface area contributed by atoms with Crippen LogP contribution in [0.2, 0.25) is 0 Å². The van der Waals surface area contributed by atoms with Gasteiger partial charge >= 0.3 is 0 Å². The van der Waals surface area contributed by atoms with E-state index in [1.165, 1.54) is 12.3 Å². The molecule has 0 saturated heterocycles. The summed E-state index contributed by atoms with van der Waals surface area (Å²) in [7, 11) is 0. The summed E-state index contributed by atoms with van der Waals surface area (Å²) in [5.41, 5.74) is 6.57. The van der Waals surface area contributed by atoms with Gasteiger partial charge in [-0.3, -0.25) is 4.79 Å². The van der Waals surface area contributed by atoms with Crippen molar-refractivity contribution in [2.75, 3.05) is 0 Å². The molecule has 5 nitrogen and oxygen atoms in total. The molecule has 2 aromatic rings. The zero-order valence-electron chi connectivity index (χ0n) is 12.7. The number of carbonyl (C=O) groups is 1. The second-order valence-corrected chi connectivity index (χ2v) is 5.26. The van der Waals surface area contributed by atoms with E-state index in [2.05, 4.69) is 10.3 Å². The van der Waals surface area contributed by atoms with Crippen LogP contribution in [0.25, 0.3) is 0 Å². The Hall–Kier alpha value is -2.21. The third-order valence-electron chi connectivity index (χ3n) is 3.69. The molecule has 0 radical (unpaired) electrons. The summed E-state index contributed by atoms with van der Waals surface area (Å²) in [5.74, 6) is -0.240. The van der Waals surface area contributed by atoms with Crippen molar-refractivity contribution in [3.8, 4) is 0 Å². The molecule has 118 valence electrons. The van der Waals surface area contributed by atoms with Crippen molar-refractivity contribution in [3.05, 3.63) is 53.5 Å². The average Bonchev–Trinajstić information content (AvgIpc) is 3.02. The van der Waals surface area contributed by atoms with Gasteiger partial charge in [-0.1, -0.05) is 38.5 Å². The Bertz CT molecular complexity index is 642. The van der Waals surface area contributed by atoms with Crippen molar-refractivity contribution in [2.24, 2.45) is 11.7 Å². The lowest BCUT2D eigenvalue weighted by atomic mass is 10.0. The van der Waals surface area contributed by atoms with Gasteiger partial charge in [0.05, 0.1) is 6.04 Å². The number of rotatable bonds is 6. The first-order chi connectivity index (χ1) is 10.5. The molecule has 0 bridgehead atoms. The van der Waals surface area contributed by atoms with Crippen molar-refractivity contribution in [3.63, 3.8) is 0 Å². The molecule has 2 unspecified atom stereocenters. The van der Waals surface area contributed by atoms with Crippen molar-refractivity contribution in [2.45, 2.75) is 32.9 Å². The van der Waals surface area contributed by atoms with Crippen molar-refractivity contribution in [1.29, 1.82) is 0 Å². The highest BCUT2D eigenvalue weighted by Crippen LogP contribution is 2.21. The highest BCUT2D eigenvalue weighted by molar-refractivity contribution is 5.91. The van der Waals surface area contributed by atoms with E-state index in [9.17, 15) is 9.18 Å². The van der Waals surface area contributed by atoms with E-state index in [0.29, 0.717) is 11.5 Å². The van der Waals surface area contributed by atoms with Crippen LogP contribution in [0.5, 0.6) is 0 Å². The molecule has 0 spiro atoms. The Morgan fingerprint density at radius 2 is 2.18 bits per heavy atom. The fraction of sp³-hybridized carbons (Fsp3) is 0.375. The largest absolute Gasteiger partial charge is 0.446 e. The monoisotopic (exact) mass is 305 g/mol. The molecule has 0 aliphatic carbocycles. The summed E-state index contributed by atoms with van der Waals surface area (Å²) in [4.78, 5) is 16.1. The molecule has 1 heterocycles. The molecular weight excluding hydrogens is 285 g/mol. The van der Waals surface area contributed by atoms with Crippen molar-refractivity contribution < 1.29 is 13.6 Å². The molecule has 1 aromatic carbocycles. The Morgan fingerprint density at radius 3 is 2.86 bits per heavy atom. The van der Waals surface area contributed by atoms with Crippen LogP contribution >= 0.6 is 0 Å². The standard InChI is InChI=1S/C16H20FN3O2/c1-3-10(2)14(18)16-20-13(9-22-16)15(21)19-8-11-6-4-5-7-12(11)17/h4-7,9-10,14H,3,8,18H2,1-2H3,(H,19,21). The highest BCUT2D eigenvalue weighted by Gasteiger charge is 2.20. The molecule has 0 aliphatic rings. The van der Waals surface area contributed by atoms with Gasteiger partial charge < -0.3 is 15.5 Å². The van der Waals surface area contributed by atoms with Crippen LogP contribution in [-0.4, -0.2) is 10.9 Å². The van der Waals surface area contributed by atoms with E-state index in [1.807, 2.05) is 13.8 Å². The summed E-state index contributed by atoms with van der Waals surface area (Å²) < 4.78 is 18.8. The van der Waals surface area contributed by atoms with Gasteiger partial charge in [-0.05, 0) is 12.0 Å². The normalized spacial score (nSPS) is 13.6. The second-order valence-electron chi connectivity index (χ2n) is 5.26. The van der Waals surface area contributed by atoms with E-state index in [-0.39, 0.29) is 30.0 Å². The number of carbonyl (C=O) groups excluding carboxylic acids is 1. The van der Waals surface area contributed by atoms with Crippen LogP contribution in [0.1, 0.15) is 48.3 Å². The first kappa shape index (κ1) is 16.2. The van der Waals surface area contributed by atoms with E-state index in [4.69, 9.17) is 10.2 Å². The predicted molar refractivity (Wildman–Crippen MR) is 80.5 cm³/mol. The molecule has 0 fully saturated rings. The fourth-order valence-corrected chi connectivity index (χ4v) is 1.95. The number of nitrogens with zero attached hydrogens (tertiary/aromatic N) is 1. The van der Waals surface area contributed by atoms with Gasteiger partial charge in [0.25, 0.3) is 5.91 Å². The van der Waals surface area contributed by atoms with Gasteiger partial charge in [0.2, 0.25) is 5.89 Å². The van der Waals surface area contributed by atoms with Gasteiger partial charge in [0.1, 0.15) is 12.1 Å². The lowest BCUT2D eigenvalue weighted by Gasteiger charge is -2.13. The zero-order chi connectivity index (χ0) is 16.1. The predicted octanol–water partition coefficient (Wildman–Crippen LogP) is 2.79. The van der Waals surface area contributed by atoms with E-state index >= 15 is 0 Å². The van der Waals surface area contributed by atoms with E-state index in [0.717, 1.165) is 6.42 Å². The Morgan fingerprint density at radius 1 is 1.45 bits per heavy atom. The third-order valence-corrected chi connectivity index (χ3v) is 3.69. The molecule has 2 rings (SSSR count). The summed E-state index contributed by atoms with van der Waals surface area (Å²) in [6.45, 7) is 4.10. The second kappa shape index (κ2) is 7.17. The summed E-state index contributed by atoms with van der Waals surface area (Å²) in [6, 6.07) is 5.92. The number of benzene rings is 1. The lowest BCUT2D eigenvalue weighted by molar-refractivity contribution is 0.0945. The maximum atomic E-state index is 13.5. The maximum Gasteiger partial charge on any atom is 0.273 e. The number of hydrogen-bond acceptors (Lipinski definition) is 4. The van der Waals surface area contributed by atoms with Crippen LogP contribution < -0.4 is 11.1 Å². The summed E-state index contributed by atoms with van der Waals surface area (Å²) in [6.07, 6.45) is 2.16. The van der Waals surface area contributed by atoms with Crippen LogP contribution in [-0.2, 0) is 6.54 Å². The minimum absolute atomic E-state index is 0.0884. The van der Waals surface area contributed by atoms with Gasteiger partial charge in [-0.25, -0.2) is 9.37 Å². The molecule has 6 heteroatoms. The summed E-state index contributed by atoms with van der Waals surface area (Å²) >= 11 is 0. The first-order valence-corrected chi connectivity index (χ1v) is 7.25. The number of nitrogens with two attached hydrogens (primary N) is 1. The van der Waals surface area contributed by atoms with Crippen LogP contribution in [0, 0.1) is 11.7 Å².